The maximum absolute atomic E-state index is 14.3. The number of urea groups is 1. The minimum absolute atomic E-state index is 0.0274. The van der Waals surface area contributed by atoms with E-state index in [1.807, 2.05) is 37.3 Å². The van der Waals surface area contributed by atoms with E-state index in [-0.39, 0.29) is 41.2 Å². The van der Waals surface area contributed by atoms with Crippen molar-refractivity contribution in [1.29, 1.82) is 0 Å². The third-order valence-corrected chi connectivity index (χ3v) is 10.4. The molecule has 316 valence electrons. The molecule has 0 aliphatic carbocycles. The van der Waals surface area contributed by atoms with E-state index >= 15 is 0 Å². The molecule has 1 saturated heterocycles. The molecule has 11 nitrogen and oxygen atoms in total. The van der Waals surface area contributed by atoms with E-state index in [4.69, 9.17) is 21.1 Å². The van der Waals surface area contributed by atoms with E-state index in [1.165, 1.54) is 74.8 Å². The van der Waals surface area contributed by atoms with Gasteiger partial charge in [0.25, 0.3) is 11.8 Å². The molecule has 0 saturated carbocycles. The van der Waals surface area contributed by atoms with Crippen LogP contribution in [0.3, 0.4) is 0 Å². The van der Waals surface area contributed by atoms with Gasteiger partial charge in [0.05, 0.1) is 29.5 Å². The summed E-state index contributed by atoms with van der Waals surface area (Å²) < 4.78 is 11.7. The normalized spacial score (nSPS) is 14.9. The van der Waals surface area contributed by atoms with Crippen molar-refractivity contribution in [2.45, 2.75) is 163 Å². The molecule has 2 unspecified atom stereocenters. The fourth-order valence-electron chi connectivity index (χ4n) is 6.75. The van der Waals surface area contributed by atoms with Gasteiger partial charge in [-0.3, -0.25) is 24.1 Å². The van der Waals surface area contributed by atoms with E-state index in [0.717, 1.165) is 44.1 Å². The summed E-state index contributed by atoms with van der Waals surface area (Å²) in [4.78, 5) is 71.4. The lowest BCUT2D eigenvalue weighted by Crippen LogP contribution is -2.55. The number of carbonyl (C=O) groups excluding carboxylic acids is 5. The number of imide groups is 1. The Morgan fingerprint density at radius 2 is 1.35 bits per heavy atom. The summed E-state index contributed by atoms with van der Waals surface area (Å²) in [6, 6.07) is 9.42. The van der Waals surface area contributed by atoms with Gasteiger partial charge >= 0.3 is 6.03 Å². The molecule has 1 aliphatic heterocycles. The second-order valence-corrected chi connectivity index (χ2v) is 16.4. The van der Waals surface area contributed by atoms with Gasteiger partial charge in [-0.15, -0.1) is 0 Å². The quantitative estimate of drug-likeness (QED) is 0.0521. The predicted molar refractivity (Wildman–Crippen MR) is 227 cm³/mol. The van der Waals surface area contributed by atoms with E-state index in [0.29, 0.717) is 17.9 Å². The van der Waals surface area contributed by atoms with Crippen LogP contribution in [-0.4, -0.2) is 64.8 Å². The van der Waals surface area contributed by atoms with Crippen molar-refractivity contribution in [3.63, 3.8) is 0 Å². The molecule has 0 bridgehead atoms. The fraction of sp³-hybridized carbons (Fsp3) is 0.622. The molecule has 2 N–H and O–H groups in total. The van der Waals surface area contributed by atoms with Gasteiger partial charge in [0.15, 0.2) is 11.8 Å². The Labute approximate surface area is 345 Å². The summed E-state index contributed by atoms with van der Waals surface area (Å²) in [7, 11) is 0. The van der Waals surface area contributed by atoms with Crippen LogP contribution in [0.25, 0.3) is 0 Å². The summed E-state index contributed by atoms with van der Waals surface area (Å²) >= 11 is 6.65. The van der Waals surface area contributed by atoms with E-state index < -0.39 is 41.3 Å². The highest BCUT2D eigenvalue weighted by atomic mass is 35.5. The van der Waals surface area contributed by atoms with E-state index in [1.54, 1.807) is 27.7 Å². The van der Waals surface area contributed by atoms with Gasteiger partial charge < -0.3 is 20.1 Å². The van der Waals surface area contributed by atoms with Gasteiger partial charge in [0.2, 0.25) is 12.1 Å². The first-order valence-electron chi connectivity index (χ1n) is 21.2. The molecule has 0 spiro atoms. The summed E-state index contributed by atoms with van der Waals surface area (Å²) in [5.41, 5.74) is 0.00742. The van der Waals surface area contributed by atoms with Crippen LogP contribution in [0, 0.1) is 5.41 Å². The fourth-order valence-corrected chi connectivity index (χ4v) is 6.95. The van der Waals surface area contributed by atoms with Crippen LogP contribution in [0.15, 0.2) is 42.5 Å². The smallest absolute Gasteiger partial charge is 0.330 e. The lowest BCUT2D eigenvalue weighted by Gasteiger charge is -2.29. The first-order valence-corrected chi connectivity index (χ1v) is 21.6. The Morgan fingerprint density at radius 3 is 1.91 bits per heavy atom. The van der Waals surface area contributed by atoms with Crippen LogP contribution in [0.5, 0.6) is 5.75 Å². The largest absolute Gasteiger partial charge is 0.491 e. The van der Waals surface area contributed by atoms with Crippen LogP contribution in [0.4, 0.5) is 16.2 Å². The number of benzene rings is 2. The molecule has 2 aromatic rings. The van der Waals surface area contributed by atoms with Crippen molar-refractivity contribution in [2.75, 3.05) is 23.8 Å². The molecule has 1 fully saturated rings. The molecule has 0 aromatic heterocycles. The second kappa shape index (κ2) is 24.7. The number of rotatable bonds is 27. The average Bonchev–Trinajstić information content (AvgIpc) is 3.39. The van der Waals surface area contributed by atoms with E-state index in [2.05, 4.69) is 17.6 Å². The summed E-state index contributed by atoms with van der Waals surface area (Å²) in [6.07, 6.45) is 16.2. The number of ketones is 1. The van der Waals surface area contributed by atoms with Crippen LogP contribution >= 0.6 is 11.6 Å². The van der Waals surface area contributed by atoms with Crippen molar-refractivity contribution in [1.82, 2.24) is 9.80 Å². The average molecular weight is 812 g/mol. The van der Waals surface area contributed by atoms with Crippen molar-refractivity contribution < 1.29 is 33.4 Å². The summed E-state index contributed by atoms with van der Waals surface area (Å²) in [5.74, 6) is -2.37. The van der Waals surface area contributed by atoms with Gasteiger partial charge in [0, 0.05) is 24.5 Å². The Morgan fingerprint density at radius 1 is 0.772 bits per heavy atom. The first-order chi connectivity index (χ1) is 27.3. The van der Waals surface area contributed by atoms with Crippen molar-refractivity contribution in [3.05, 3.63) is 53.1 Å². The Bertz CT molecular complexity index is 1600. The minimum atomic E-state index is -1.83. The molecule has 0 radical (unpaired) electrons. The number of amides is 5. The zero-order chi connectivity index (χ0) is 41.8. The number of nitrogens with zero attached hydrogens (tertiary/aromatic N) is 2. The zero-order valence-electron chi connectivity index (χ0n) is 35.3. The number of Topliss-reactive ketones (excluding diaryl/α,β-unsaturated/α-hetero) is 1. The van der Waals surface area contributed by atoms with Crippen molar-refractivity contribution in [3.8, 4) is 5.75 Å². The molecule has 1 heterocycles. The SMILES string of the molecule is CCCCCCCCCCCCCCCC(=O)Nc1cc(NC(=O)C(C(=O)C(C)(C)C)N2C(=O)C(OCC)N(Cc3ccccc3)C2=O)c(OCCCC)cc1Cl. The predicted octanol–water partition coefficient (Wildman–Crippen LogP) is 10.7. The van der Waals surface area contributed by atoms with Gasteiger partial charge in [-0.1, -0.05) is 160 Å². The Hall–Kier alpha value is -3.96. The van der Waals surface area contributed by atoms with Crippen LogP contribution < -0.4 is 15.4 Å². The number of halogens is 1. The molecule has 2 aromatic carbocycles. The molecular formula is C45H67ClN4O7. The lowest BCUT2D eigenvalue weighted by molar-refractivity contribution is -0.149. The van der Waals surface area contributed by atoms with Crippen molar-refractivity contribution >= 4 is 52.5 Å². The maximum atomic E-state index is 14.3. The van der Waals surface area contributed by atoms with Crippen molar-refractivity contribution in [2.24, 2.45) is 5.41 Å². The van der Waals surface area contributed by atoms with Gasteiger partial charge in [0.1, 0.15) is 5.75 Å². The van der Waals surface area contributed by atoms with Crippen LogP contribution in [0.1, 0.15) is 150 Å². The number of hydrogen-bond acceptors (Lipinski definition) is 7. The highest BCUT2D eigenvalue weighted by Crippen LogP contribution is 2.36. The van der Waals surface area contributed by atoms with E-state index in [9.17, 15) is 24.0 Å². The van der Waals surface area contributed by atoms with Crippen LogP contribution in [-0.2, 0) is 30.5 Å². The highest BCUT2D eigenvalue weighted by Gasteiger charge is 2.54. The Balaban J connectivity index is 1.74. The topological polar surface area (TPSA) is 134 Å². The minimum Gasteiger partial charge on any atom is -0.491 e. The number of ether oxygens (including phenoxy) is 2. The zero-order valence-corrected chi connectivity index (χ0v) is 36.0. The molecule has 2 atom stereocenters. The molecular weight excluding hydrogens is 744 g/mol. The summed E-state index contributed by atoms with van der Waals surface area (Å²) in [6.45, 7) is 11.3. The molecule has 5 amide bonds. The highest BCUT2D eigenvalue weighted by molar-refractivity contribution is 6.34. The summed E-state index contributed by atoms with van der Waals surface area (Å²) in [5, 5.41) is 5.84. The molecule has 57 heavy (non-hydrogen) atoms. The third-order valence-electron chi connectivity index (χ3n) is 10.1. The molecule has 3 rings (SSSR count). The molecule has 1 aliphatic rings. The first kappa shape index (κ1) is 47.4. The number of anilines is 2. The number of nitrogens with one attached hydrogen (secondary N) is 2. The monoisotopic (exact) mass is 810 g/mol. The standard InChI is InChI=1S/C45H67ClN4O7/c1-7-10-12-13-14-15-16-17-18-19-20-21-25-28-38(51)47-35-31-36(37(30-34(35)46)57-29-11-8-2)48-41(53)39(40(52)45(4,5)6)50-42(54)43(56-9-3)49(44(50)55)32-33-26-23-22-24-27-33/h22-24,26-27,30-31,39,43H,7-21,25,28-29,32H2,1-6H3,(H,47,51)(H,48,53). The Kier molecular flexibility index (Phi) is 20.6. The third kappa shape index (κ3) is 15.1. The number of carbonyl (C=O) groups is 5. The van der Waals surface area contributed by atoms with Crippen LogP contribution in [0.2, 0.25) is 5.02 Å². The number of unbranched alkanes of at least 4 members (excludes halogenated alkanes) is 13. The second-order valence-electron chi connectivity index (χ2n) is 16.0. The lowest BCUT2D eigenvalue weighted by atomic mass is 9.85. The number of hydrogen-bond donors (Lipinski definition) is 2. The van der Waals surface area contributed by atoms with Gasteiger partial charge in [-0.25, -0.2) is 9.69 Å². The van der Waals surface area contributed by atoms with Gasteiger partial charge in [-0.05, 0) is 31.4 Å². The van der Waals surface area contributed by atoms with Gasteiger partial charge in [-0.2, -0.15) is 0 Å². The molecule has 12 heteroatoms. The maximum Gasteiger partial charge on any atom is 0.330 e.